The molecule has 0 aliphatic heterocycles. The number of rotatable bonds is 5. The van der Waals surface area contributed by atoms with Gasteiger partial charge in [-0.15, -0.1) is 0 Å². The summed E-state index contributed by atoms with van der Waals surface area (Å²) >= 11 is 0. The standard InChI is InChI=1S/C58H36O/c1-2-16-38(17-3-1)42-32-33-52(46-20-7-6-19-45(42)46)56-48-22-8-10-24-50(48)58(51-25-11-9-23-49(51)56)57-43(40-30-29-37-15-4-5-18-39(37)35-40)26-14-27-44(57)41-31-34-55-53(36-41)47-21-12-13-28-54(47)59-55/h1-36H. The van der Waals surface area contributed by atoms with Crippen molar-refractivity contribution in [2.45, 2.75) is 0 Å². The van der Waals surface area contributed by atoms with Crippen LogP contribution >= 0.6 is 0 Å². The molecule has 0 amide bonds. The number of fused-ring (bicyclic) bond motifs is 7. The smallest absolute Gasteiger partial charge is 0.135 e. The molecule has 0 aliphatic rings. The third-order valence-corrected chi connectivity index (χ3v) is 12.3. The molecule has 0 spiro atoms. The summed E-state index contributed by atoms with van der Waals surface area (Å²) in [6.07, 6.45) is 0. The fraction of sp³-hybridized carbons (Fsp3) is 0. The van der Waals surface area contributed by atoms with Gasteiger partial charge in [0.25, 0.3) is 0 Å². The van der Waals surface area contributed by atoms with Crippen LogP contribution in [0.5, 0.6) is 0 Å². The molecule has 274 valence electrons. The highest BCUT2D eigenvalue weighted by atomic mass is 16.3. The van der Waals surface area contributed by atoms with Crippen LogP contribution in [-0.2, 0) is 0 Å². The van der Waals surface area contributed by atoms with Crippen LogP contribution in [0.15, 0.2) is 223 Å². The van der Waals surface area contributed by atoms with E-state index in [4.69, 9.17) is 4.42 Å². The van der Waals surface area contributed by atoms with Crippen LogP contribution in [0.1, 0.15) is 0 Å². The summed E-state index contributed by atoms with van der Waals surface area (Å²) in [6, 6.07) is 79.8. The zero-order valence-corrected chi connectivity index (χ0v) is 32.2. The highest BCUT2D eigenvalue weighted by Gasteiger charge is 2.23. The van der Waals surface area contributed by atoms with E-state index in [1.807, 2.05) is 6.07 Å². The molecule has 59 heavy (non-hydrogen) atoms. The zero-order valence-electron chi connectivity index (χ0n) is 32.2. The van der Waals surface area contributed by atoms with E-state index in [0.29, 0.717) is 0 Å². The van der Waals surface area contributed by atoms with E-state index < -0.39 is 0 Å². The Hall–Kier alpha value is -7.74. The molecule has 12 aromatic rings. The Bertz CT molecular complexity index is 3550. The monoisotopic (exact) mass is 748 g/mol. The molecule has 0 atom stereocenters. The molecule has 0 radical (unpaired) electrons. The van der Waals surface area contributed by atoms with Crippen molar-refractivity contribution in [1.29, 1.82) is 0 Å². The van der Waals surface area contributed by atoms with E-state index in [1.165, 1.54) is 93.2 Å². The van der Waals surface area contributed by atoms with Crippen molar-refractivity contribution < 1.29 is 4.42 Å². The van der Waals surface area contributed by atoms with Gasteiger partial charge in [0.15, 0.2) is 0 Å². The molecule has 0 unspecified atom stereocenters. The normalized spacial score (nSPS) is 11.7. The van der Waals surface area contributed by atoms with Crippen molar-refractivity contribution in [2.75, 3.05) is 0 Å². The fourth-order valence-electron chi connectivity index (χ4n) is 9.63. The second-order valence-corrected chi connectivity index (χ2v) is 15.5. The van der Waals surface area contributed by atoms with Gasteiger partial charge in [0, 0.05) is 10.8 Å². The van der Waals surface area contributed by atoms with E-state index in [2.05, 4.69) is 212 Å². The van der Waals surface area contributed by atoms with Gasteiger partial charge in [0.1, 0.15) is 11.2 Å². The van der Waals surface area contributed by atoms with Crippen molar-refractivity contribution in [3.63, 3.8) is 0 Å². The van der Waals surface area contributed by atoms with Crippen LogP contribution < -0.4 is 0 Å². The number of furan rings is 1. The number of hydrogen-bond acceptors (Lipinski definition) is 1. The van der Waals surface area contributed by atoms with Crippen molar-refractivity contribution in [2.24, 2.45) is 0 Å². The summed E-state index contributed by atoms with van der Waals surface area (Å²) in [5, 5.41) is 12.1. The summed E-state index contributed by atoms with van der Waals surface area (Å²) in [4.78, 5) is 0. The Morgan fingerprint density at radius 3 is 1.44 bits per heavy atom. The maximum absolute atomic E-state index is 6.33. The first kappa shape index (κ1) is 33.4. The van der Waals surface area contributed by atoms with Gasteiger partial charge in [0.2, 0.25) is 0 Å². The lowest BCUT2D eigenvalue weighted by Gasteiger charge is -2.23. The van der Waals surface area contributed by atoms with Gasteiger partial charge in [0.05, 0.1) is 0 Å². The first-order valence-corrected chi connectivity index (χ1v) is 20.3. The topological polar surface area (TPSA) is 13.1 Å². The Balaban J connectivity index is 1.19. The summed E-state index contributed by atoms with van der Waals surface area (Å²) in [6.45, 7) is 0. The summed E-state index contributed by atoms with van der Waals surface area (Å²) in [5.41, 5.74) is 13.9. The zero-order chi connectivity index (χ0) is 38.9. The molecule has 0 aliphatic carbocycles. The minimum Gasteiger partial charge on any atom is -0.456 e. The van der Waals surface area contributed by atoms with E-state index in [9.17, 15) is 0 Å². The van der Waals surface area contributed by atoms with Crippen LogP contribution in [-0.4, -0.2) is 0 Å². The largest absolute Gasteiger partial charge is 0.456 e. The fourth-order valence-corrected chi connectivity index (χ4v) is 9.63. The second kappa shape index (κ2) is 13.4. The molecule has 0 N–H and O–H groups in total. The molecule has 0 saturated heterocycles. The maximum Gasteiger partial charge on any atom is 0.135 e. The van der Waals surface area contributed by atoms with Gasteiger partial charge >= 0.3 is 0 Å². The number of hydrogen-bond donors (Lipinski definition) is 0. The molecule has 12 rings (SSSR count). The summed E-state index contributed by atoms with van der Waals surface area (Å²) < 4.78 is 6.33. The number of para-hydroxylation sites is 1. The second-order valence-electron chi connectivity index (χ2n) is 15.5. The molecule has 0 fully saturated rings. The average Bonchev–Trinajstić information content (AvgIpc) is 3.68. The van der Waals surface area contributed by atoms with Gasteiger partial charge in [-0.3, -0.25) is 0 Å². The third-order valence-electron chi connectivity index (χ3n) is 12.3. The van der Waals surface area contributed by atoms with Crippen molar-refractivity contribution in [3.05, 3.63) is 218 Å². The van der Waals surface area contributed by atoms with Crippen LogP contribution in [0.25, 0.3) is 121 Å². The molecule has 0 bridgehead atoms. The lowest BCUT2D eigenvalue weighted by atomic mass is 9.80. The van der Waals surface area contributed by atoms with Crippen LogP contribution in [0.3, 0.4) is 0 Å². The molecule has 1 nitrogen and oxygen atoms in total. The van der Waals surface area contributed by atoms with Gasteiger partial charge in [-0.2, -0.15) is 0 Å². The average molecular weight is 749 g/mol. The molecule has 11 aromatic carbocycles. The Morgan fingerprint density at radius 1 is 0.220 bits per heavy atom. The lowest BCUT2D eigenvalue weighted by Crippen LogP contribution is -1.96. The highest BCUT2D eigenvalue weighted by Crippen LogP contribution is 2.51. The third kappa shape index (κ3) is 5.33. The number of benzene rings is 11. The first-order chi connectivity index (χ1) is 29.3. The Kier molecular flexibility index (Phi) is 7.61. The van der Waals surface area contributed by atoms with Gasteiger partial charge in [-0.25, -0.2) is 0 Å². The van der Waals surface area contributed by atoms with Crippen molar-refractivity contribution in [3.8, 4) is 55.6 Å². The molecule has 1 heteroatoms. The Morgan fingerprint density at radius 2 is 0.729 bits per heavy atom. The van der Waals surface area contributed by atoms with Crippen LogP contribution in [0.2, 0.25) is 0 Å². The van der Waals surface area contributed by atoms with Crippen LogP contribution in [0.4, 0.5) is 0 Å². The molecule has 1 aromatic heterocycles. The molecular formula is C58H36O. The van der Waals surface area contributed by atoms with Crippen molar-refractivity contribution in [1.82, 2.24) is 0 Å². The minimum absolute atomic E-state index is 0.896. The van der Waals surface area contributed by atoms with E-state index in [-0.39, 0.29) is 0 Å². The van der Waals surface area contributed by atoms with Gasteiger partial charge < -0.3 is 4.42 Å². The highest BCUT2D eigenvalue weighted by molar-refractivity contribution is 6.26. The van der Waals surface area contributed by atoms with Crippen molar-refractivity contribution >= 4 is 65.0 Å². The van der Waals surface area contributed by atoms with E-state index in [1.54, 1.807) is 0 Å². The first-order valence-electron chi connectivity index (χ1n) is 20.3. The summed E-state index contributed by atoms with van der Waals surface area (Å²) in [7, 11) is 0. The lowest BCUT2D eigenvalue weighted by molar-refractivity contribution is 0.669. The minimum atomic E-state index is 0.896. The maximum atomic E-state index is 6.33. The molecule has 0 saturated carbocycles. The SMILES string of the molecule is c1ccc(-c2ccc(-c3c4ccccc4c(-c4c(-c5ccc6ccccc6c5)cccc4-c4ccc5oc6ccccc6c5c4)c4ccccc34)c3ccccc23)cc1. The molecular weight excluding hydrogens is 713 g/mol. The van der Waals surface area contributed by atoms with E-state index >= 15 is 0 Å². The predicted molar refractivity (Wildman–Crippen MR) is 251 cm³/mol. The van der Waals surface area contributed by atoms with E-state index in [0.717, 1.165) is 27.5 Å². The van der Waals surface area contributed by atoms with Gasteiger partial charge in [-0.1, -0.05) is 194 Å². The van der Waals surface area contributed by atoms with Gasteiger partial charge in [-0.05, 0) is 123 Å². The molecule has 1 heterocycles. The van der Waals surface area contributed by atoms with Crippen LogP contribution in [0, 0.1) is 0 Å². The quantitative estimate of drug-likeness (QED) is 0.160. The predicted octanol–water partition coefficient (Wildman–Crippen LogP) is 16.5. The summed E-state index contributed by atoms with van der Waals surface area (Å²) in [5.74, 6) is 0. The Labute approximate surface area is 342 Å².